The number of rotatable bonds is 3. The Labute approximate surface area is 166 Å². The lowest BCUT2D eigenvalue weighted by molar-refractivity contribution is 0.196. The van der Waals surface area contributed by atoms with Crippen LogP contribution in [-0.2, 0) is 0 Å². The fourth-order valence-corrected chi connectivity index (χ4v) is 3.84. The number of anilines is 2. The van der Waals surface area contributed by atoms with Crippen molar-refractivity contribution in [2.45, 2.75) is 18.9 Å². The third-order valence-electron chi connectivity index (χ3n) is 4.71. The number of aromatic amines is 1. The van der Waals surface area contributed by atoms with Crippen molar-refractivity contribution >= 4 is 51.5 Å². The van der Waals surface area contributed by atoms with Crippen molar-refractivity contribution in [2.75, 3.05) is 23.7 Å². The van der Waals surface area contributed by atoms with Crippen LogP contribution >= 0.6 is 23.2 Å². The van der Waals surface area contributed by atoms with E-state index in [1.165, 1.54) is 0 Å². The smallest absolute Gasteiger partial charge is 0.321 e. The zero-order valence-electron chi connectivity index (χ0n) is 14.5. The highest BCUT2D eigenvalue weighted by Gasteiger charge is 2.24. The zero-order chi connectivity index (χ0) is 18.8. The SMILES string of the molecule is O=C(Nc1c(Cl)cccc1Cl)N1CCCC(Nc2ccc3[nH]ncc3c2)C1. The molecule has 0 radical (unpaired) electrons. The van der Waals surface area contributed by atoms with Crippen LogP contribution in [-0.4, -0.2) is 40.3 Å². The summed E-state index contributed by atoms with van der Waals surface area (Å²) in [5.74, 6) is 0. The molecule has 1 aliphatic rings. The van der Waals surface area contributed by atoms with Gasteiger partial charge in [0.1, 0.15) is 0 Å². The van der Waals surface area contributed by atoms with Crippen LogP contribution in [0.1, 0.15) is 12.8 Å². The summed E-state index contributed by atoms with van der Waals surface area (Å²) in [7, 11) is 0. The number of hydrogen-bond donors (Lipinski definition) is 3. The van der Waals surface area contributed by atoms with Crippen molar-refractivity contribution in [1.82, 2.24) is 15.1 Å². The van der Waals surface area contributed by atoms with Crippen molar-refractivity contribution in [1.29, 1.82) is 0 Å². The molecule has 0 saturated carbocycles. The number of benzene rings is 2. The highest BCUT2D eigenvalue weighted by Crippen LogP contribution is 2.30. The molecule has 6 nitrogen and oxygen atoms in total. The second-order valence-electron chi connectivity index (χ2n) is 6.63. The van der Waals surface area contributed by atoms with Gasteiger partial charge in [0.15, 0.2) is 0 Å². The Morgan fingerprint density at radius 2 is 2.04 bits per heavy atom. The average molecular weight is 404 g/mol. The zero-order valence-corrected chi connectivity index (χ0v) is 16.0. The summed E-state index contributed by atoms with van der Waals surface area (Å²) in [6, 6.07) is 11.2. The number of nitrogens with one attached hydrogen (secondary N) is 3. The Hall–Kier alpha value is -2.44. The number of carbonyl (C=O) groups is 1. The Bertz CT molecular complexity index is 953. The number of nitrogens with zero attached hydrogens (tertiary/aromatic N) is 2. The molecule has 2 aromatic carbocycles. The summed E-state index contributed by atoms with van der Waals surface area (Å²) in [6.45, 7) is 1.31. The number of urea groups is 1. The van der Waals surface area contributed by atoms with E-state index in [0.29, 0.717) is 28.8 Å². The van der Waals surface area contributed by atoms with Crippen LogP contribution in [0.3, 0.4) is 0 Å². The Balaban J connectivity index is 1.42. The second kappa shape index (κ2) is 7.66. The summed E-state index contributed by atoms with van der Waals surface area (Å²) >= 11 is 12.3. The molecule has 3 aromatic rings. The number of amides is 2. The Morgan fingerprint density at radius 3 is 2.85 bits per heavy atom. The van der Waals surface area contributed by atoms with E-state index in [0.717, 1.165) is 29.4 Å². The summed E-state index contributed by atoms with van der Waals surface area (Å²) in [5, 5.41) is 15.3. The molecule has 1 unspecified atom stereocenters. The monoisotopic (exact) mass is 403 g/mol. The lowest BCUT2D eigenvalue weighted by Crippen LogP contribution is -2.46. The van der Waals surface area contributed by atoms with Crippen LogP contribution in [0.15, 0.2) is 42.6 Å². The highest BCUT2D eigenvalue weighted by molar-refractivity contribution is 6.39. The van der Waals surface area contributed by atoms with Gasteiger partial charge in [0.25, 0.3) is 0 Å². The summed E-state index contributed by atoms with van der Waals surface area (Å²) in [6.07, 6.45) is 3.73. The maximum atomic E-state index is 12.7. The van der Waals surface area contributed by atoms with E-state index < -0.39 is 0 Å². The van der Waals surface area contributed by atoms with Crippen LogP contribution in [0.25, 0.3) is 10.9 Å². The number of carbonyl (C=O) groups excluding carboxylic acids is 1. The molecule has 2 heterocycles. The van der Waals surface area contributed by atoms with Crippen LogP contribution < -0.4 is 10.6 Å². The molecule has 3 N–H and O–H groups in total. The molecule has 2 amide bonds. The number of aromatic nitrogens is 2. The van der Waals surface area contributed by atoms with Gasteiger partial charge < -0.3 is 15.5 Å². The number of H-pyrrole nitrogens is 1. The Morgan fingerprint density at radius 1 is 1.22 bits per heavy atom. The summed E-state index contributed by atoms with van der Waals surface area (Å²) in [4.78, 5) is 14.5. The predicted molar refractivity (Wildman–Crippen MR) is 110 cm³/mol. The second-order valence-corrected chi connectivity index (χ2v) is 7.44. The molecule has 1 aromatic heterocycles. The van der Waals surface area contributed by atoms with Gasteiger partial charge in [0.2, 0.25) is 0 Å². The van der Waals surface area contributed by atoms with Gasteiger partial charge >= 0.3 is 6.03 Å². The topological polar surface area (TPSA) is 73.1 Å². The molecule has 27 heavy (non-hydrogen) atoms. The fourth-order valence-electron chi connectivity index (χ4n) is 3.35. The van der Waals surface area contributed by atoms with E-state index in [1.807, 2.05) is 12.1 Å². The third-order valence-corrected chi connectivity index (χ3v) is 5.34. The van der Waals surface area contributed by atoms with Gasteiger partial charge in [0.05, 0.1) is 27.4 Å². The van der Waals surface area contributed by atoms with Gasteiger partial charge in [-0.15, -0.1) is 0 Å². The molecule has 0 bridgehead atoms. The molecular weight excluding hydrogens is 385 g/mol. The maximum absolute atomic E-state index is 12.7. The minimum atomic E-state index is -0.193. The van der Waals surface area contributed by atoms with E-state index >= 15 is 0 Å². The standard InChI is InChI=1S/C19H19Cl2N5O/c20-15-4-1-5-16(21)18(15)24-19(27)26-8-2-3-14(11-26)23-13-6-7-17-12(9-13)10-22-25-17/h1,4-7,9-10,14,23H,2-3,8,11H2,(H,22,25)(H,24,27). The van der Waals surface area contributed by atoms with Crippen molar-refractivity contribution in [2.24, 2.45) is 0 Å². The van der Waals surface area contributed by atoms with E-state index in [4.69, 9.17) is 23.2 Å². The van der Waals surface area contributed by atoms with Gasteiger partial charge in [-0.25, -0.2) is 4.79 Å². The van der Waals surface area contributed by atoms with Gasteiger partial charge in [-0.2, -0.15) is 5.10 Å². The van der Waals surface area contributed by atoms with Gasteiger partial charge in [-0.1, -0.05) is 29.3 Å². The lowest BCUT2D eigenvalue weighted by atomic mass is 10.1. The predicted octanol–water partition coefficient (Wildman–Crippen LogP) is 4.98. The number of likely N-dealkylation sites (tertiary alicyclic amines) is 1. The molecule has 0 spiro atoms. The molecule has 8 heteroatoms. The van der Waals surface area contributed by atoms with E-state index in [9.17, 15) is 4.79 Å². The molecule has 1 saturated heterocycles. The van der Waals surface area contributed by atoms with Crippen molar-refractivity contribution in [3.8, 4) is 0 Å². The van der Waals surface area contributed by atoms with E-state index in [1.54, 1.807) is 29.3 Å². The molecule has 1 fully saturated rings. The van der Waals surface area contributed by atoms with Crippen molar-refractivity contribution in [3.05, 3.63) is 52.6 Å². The highest BCUT2D eigenvalue weighted by atomic mass is 35.5. The number of fused-ring (bicyclic) bond motifs is 1. The first-order valence-electron chi connectivity index (χ1n) is 8.80. The number of piperidine rings is 1. The summed E-state index contributed by atoms with van der Waals surface area (Å²) < 4.78 is 0. The number of hydrogen-bond acceptors (Lipinski definition) is 3. The first-order chi connectivity index (χ1) is 13.1. The van der Waals surface area contributed by atoms with Crippen molar-refractivity contribution < 1.29 is 4.79 Å². The molecule has 1 aliphatic heterocycles. The maximum Gasteiger partial charge on any atom is 0.321 e. The normalized spacial score (nSPS) is 17.1. The number of para-hydroxylation sites is 1. The minimum Gasteiger partial charge on any atom is -0.381 e. The van der Waals surface area contributed by atoms with Crippen molar-refractivity contribution in [3.63, 3.8) is 0 Å². The average Bonchev–Trinajstić information content (AvgIpc) is 3.13. The molecule has 1 atom stereocenters. The lowest BCUT2D eigenvalue weighted by Gasteiger charge is -2.33. The first kappa shape index (κ1) is 17.9. The first-order valence-corrected chi connectivity index (χ1v) is 9.55. The molecular formula is C19H19Cl2N5O. The largest absolute Gasteiger partial charge is 0.381 e. The van der Waals surface area contributed by atoms with Crippen LogP contribution in [0.4, 0.5) is 16.2 Å². The molecule has 0 aliphatic carbocycles. The summed E-state index contributed by atoms with van der Waals surface area (Å²) in [5.41, 5.74) is 2.47. The Kier molecular flexibility index (Phi) is 5.09. The van der Waals surface area contributed by atoms with Crippen LogP contribution in [0.2, 0.25) is 10.0 Å². The van der Waals surface area contributed by atoms with Crippen LogP contribution in [0, 0.1) is 0 Å². The quantitative estimate of drug-likeness (QED) is 0.577. The molecule has 4 rings (SSSR count). The van der Waals surface area contributed by atoms with Gasteiger partial charge in [-0.05, 0) is 43.2 Å². The number of halogens is 2. The van der Waals surface area contributed by atoms with Gasteiger partial charge in [0, 0.05) is 30.2 Å². The van der Waals surface area contributed by atoms with Crippen LogP contribution in [0.5, 0.6) is 0 Å². The third kappa shape index (κ3) is 3.96. The van der Waals surface area contributed by atoms with Gasteiger partial charge in [-0.3, -0.25) is 5.10 Å². The minimum absolute atomic E-state index is 0.176. The molecule has 140 valence electrons. The van der Waals surface area contributed by atoms with E-state index in [2.05, 4.69) is 26.9 Å². The van der Waals surface area contributed by atoms with E-state index in [-0.39, 0.29) is 12.1 Å². The fraction of sp³-hybridized carbons (Fsp3) is 0.263.